The molecule has 2 aromatic rings. The highest BCUT2D eigenvalue weighted by Crippen LogP contribution is 2.48. The summed E-state index contributed by atoms with van der Waals surface area (Å²) in [6, 6.07) is 7.22. The van der Waals surface area contributed by atoms with Crippen molar-refractivity contribution in [1.29, 1.82) is 0 Å². The van der Waals surface area contributed by atoms with E-state index in [0.29, 0.717) is 24.1 Å². The molecule has 0 saturated heterocycles. The standard InChI is InChI=1S/C22H25F3N4OS/c1-13-12-28(2)29-7-6-22(24,25)20-17(19(13)29)10-18(31-20)21(30)27-16(11-26)9-14-4-3-5-15(23)8-14/h3-5,8,10,16H,6-7,9,11-12,26H2,1-2H3,(H,27,30)/t16-/m0/s1. The lowest BCUT2D eigenvalue weighted by atomic mass is 10.1. The van der Waals surface area contributed by atoms with Crippen molar-refractivity contribution in [3.63, 3.8) is 0 Å². The molecule has 31 heavy (non-hydrogen) atoms. The van der Waals surface area contributed by atoms with E-state index in [9.17, 15) is 18.0 Å². The zero-order valence-electron chi connectivity index (χ0n) is 17.4. The Morgan fingerprint density at radius 2 is 2.13 bits per heavy atom. The Kier molecular flexibility index (Phi) is 5.85. The van der Waals surface area contributed by atoms with Gasteiger partial charge in [-0.05, 0) is 42.7 Å². The second-order valence-corrected chi connectivity index (χ2v) is 9.17. The van der Waals surface area contributed by atoms with E-state index in [1.165, 1.54) is 12.1 Å². The largest absolute Gasteiger partial charge is 0.347 e. The van der Waals surface area contributed by atoms with Gasteiger partial charge in [0.1, 0.15) is 5.82 Å². The molecular formula is C22H25F3N4OS. The number of halogens is 3. The summed E-state index contributed by atoms with van der Waals surface area (Å²) >= 11 is 0.835. The summed E-state index contributed by atoms with van der Waals surface area (Å²) < 4.78 is 43.3. The van der Waals surface area contributed by atoms with Crippen LogP contribution in [0, 0.1) is 5.82 Å². The second kappa shape index (κ2) is 8.29. The van der Waals surface area contributed by atoms with Crippen LogP contribution in [0.15, 0.2) is 35.9 Å². The summed E-state index contributed by atoms with van der Waals surface area (Å²) in [6.45, 7) is 2.97. The molecule has 3 heterocycles. The Bertz CT molecular complexity index is 1040. The molecule has 1 amide bonds. The highest BCUT2D eigenvalue weighted by Gasteiger charge is 2.44. The third-order valence-electron chi connectivity index (χ3n) is 5.71. The Labute approximate surface area is 183 Å². The number of carbonyl (C=O) groups is 1. The first-order chi connectivity index (χ1) is 14.7. The number of carbonyl (C=O) groups excluding carboxylic acids is 1. The van der Waals surface area contributed by atoms with Crippen LogP contribution < -0.4 is 11.1 Å². The smallest absolute Gasteiger partial charge is 0.284 e. The van der Waals surface area contributed by atoms with E-state index in [1.807, 2.05) is 24.0 Å². The first kappa shape index (κ1) is 21.9. The molecule has 166 valence electrons. The van der Waals surface area contributed by atoms with Crippen LogP contribution >= 0.6 is 11.3 Å². The fourth-order valence-corrected chi connectivity index (χ4v) is 5.32. The van der Waals surface area contributed by atoms with Crippen LogP contribution in [-0.4, -0.2) is 48.6 Å². The summed E-state index contributed by atoms with van der Waals surface area (Å²) in [5.74, 6) is -3.82. The number of alkyl halides is 2. The summed E-state index contributed by atoms with van der Waals surface area (Å²) in [5, 5.41) is 6.62. The van der Waals surface area contributed by atoms with Crippen LogP contribution in [0.25, 0.3) is 5.70 Å². The van der Waals surface area contributed by atoms with Gasteiger partial charge in [0.05, 0.1) is 15.5 Å². The number of hydrogen-bond acceptors (Lipinski definition) is 5. The number of nitrogens with zero attached hydrogens (tertiary/aromatic N) is 2. The summed E-state index contributed by atoms with van der Waals surface area (Å²) in [7, 11) is 1.87. The van der Waals surface area contributed by atoms with E-state index in [1.54, 1.807) is 18.2 Å². The van der Waals surface area contributed by atoms with Gasteiger partial charge in [0.25, 0.3) is 11.8 Å². The van der Waals surface area contributed by atoms with Crippen LogP contribution in [0.5, 0.6) is 0 Å². The molecule has 0 fully saturated rings. The molecule has 5 nitrogen and oxygen atoms in total. The summed E-state index contributed by atoms with van der Waals surface area (Å²) in [5.41, 5.74) is 8.69. The lowest BCUT2D eigenvalue weighted by molar-refractivity contribution is -0.0252. The average molecular weight is 451 g/mol. The van der Waals surface area contributed by atoms with Gasteiger partial charge in [-0.15, -0.1) is 11.3 Å². The number of nitrogens with two attached hydrogens (primary N) is 1. The van der Waals surface area contributed by atoms with Gasteiger partial charge < -0.3 is 16.1 Å². The lowest BCUT2D eigenvalue weighted by Crippen LogP contribution is -2.41. The number of nitrogens with one attached hydrogen (secondary N) is 1. The molecule has 1 atom stereocenters. The number of hydrazine groups is 1. The number of amides is 1. The SMILES string of the molecule is CC1=C2c3cc(C(=O)N[C@H](CN)Cc4cccc(F)c4)sc3C(F)(F)CCN2N(C)C1. The lowest BCUT2D eigenvalue weighted by Gasteiger charge is -2.28. The Balaban J connectivity index is 1.60. The number of hydrogen-bond donors (Lipinski definition) is 2. The maximum atomic E-state index is 14.9. The van der Waals surface area contributed by atoms with Gasteiger partial charge in [-0.25, -0.2) is 18.2 Å². The quantitative estimate of drug-likeness (QED) is 0.731. The van der Waals surface area contributed by atoms with Crippen molar-refractivity contribution in [2.24, 2.45) is 5.73 Å². The highest BCUT2D eigenvalue weighted by atomic mass is 32.1. The van der Waals surface area contributed by atoms with Gasteiger partial charge in [0.15, 0.2) is 0 Å². The van der Waals surface area contributed by atoms with Crippen molar-refractivity contribution >= 4 is 22.9 Å². The van der Waals surface area contributed by atoms with E-state index in [0.717, 1.165) is 22.6 Å². The molecule has 4 rings (SSSR count). The van der Waals surface area contributed by atoms with Crippen molar-refractivity contribution in [2.45, 2.75) is 31.7 Å². The van der Waals surface area contributed by atoms with Crippen LogP contribution in [0.3, 0.4) is 0 Å². The molecule has 1 aromatic carbocycles. The van der Waals surface area contributed by atoms with Gasteiger partial charge in [0.2, 0.25) is 0 Å². The Morgan fingerprint density at radius 1 is 1.35 bits per heavy atom. The molecule has 0 spiro atoms. The third kappa shape index (κ3) is 4.22. The molecule has 3 N–H and O–H groups in total. The zero-order valence-corrected chi connectivity index (χ0v) is 18.2. The molecular weight excluding hydrogens is 425 g/mol. The molecule has 0 unspecified atom stereocenters. The average Bonchev–Trinajstić information content (AvgIpc) is 3.24. The minimum absolute atomic E-state index is 0.0702. The van der Waals surface area contributed by atoms with Crippen LogP contribution in [0.1, 0.15) is 39.0 Å². The van der Waals surface area contributed by atoms with E-state index in [4.69, 9.17) is 5.73 Å². The monoisotopic (exact) mass is 450 g/mol. The van der Waals surface area contributed by atoms with Gasteiger partial charge in [-0.2, -0.15) is 0 Å². The minimum Gasteiger partial charge on any atom is -0.347 e. The normalized spacial score (nSPS) is 19.1. The van der Waals surface area contributed by atoms with Gasteiger partial charge >= 0.3 is 0 Å². The predicted octanol–water partition coefficient (Wildman–Crippen LogP) is 3.58. The summed E-state index contributed by atoms with van der Waals surface area (Å²) in [6.07, 6.45) is 0.0395. The van der Waals surface area contributed by atoms with Gasteiger partial charge in [-0.1, -0.05) is 12.1 Å². The van der Waals surface area contributed by atoms with Crippen molar-refractivity contribution in [2.75, 3.05) is 26.7 Å². The number of fused-ring (bicyclic) bond motifs is 3. The second-order valence-electron chi connectivity index (χ2n) is 8.12. The number of rotatable bonds is 5. The number of benzene rings is 1. The molecule has 0 aliphatic carbocycles. The van der Waals surface area contributed by atoms with E-state index >= 15 is 0 Å². The third-order valence-corrected chi connectivity index (χ3v) is 6.96. The van der Waals surface area contributed by atoms with E-state index in [2.05, 4.69) is 5.32 Å². The van der Waals surface area contributed by atoms with E-state index in [-0.39, 0.29) is 35.1 Å². The van der Waals surface area contributed by atoms with E-state index < -0.39 is 17.9 Å². The topological polar surface area (TPSA) is 61.6 Å². The molecule has 2 aliphatic heterocycles. The molecule has 0 bridgehead atoms. The maximum absolute atomic E-state index is 14.9. The zero-order chi connectivity index (χ0) is 22.3. The van der Waals surface area contributed by atoms with Crippen molar-refractivity contribution in [3.05, 3.63) is 62.6 Å². The predicted molar refractivity (Wildman–Crippen MR) is 115 cm³/mol. The molecule has 2 aliphatic rings. The highest BCUT2D eigenvalue weighted by molar-refractivity contribution is 7.14. The van der Waals surface area contributed by atoms with Crippen LogP contribution in [-0.2, 0) is 12.3 Å². The van der Waals surface area contributed by atoms with Gasteiger partial charge in [-0.3, -0.25) is 4.79 Å². The number of likely N-dealkylation sites (N-methyl/N-ethyl adjacent to an activating group) is 1. The fourth-order valence-electron chi connectivity index (χ4n) is 4.25. The summed E-state index contributed by atoms with van der Waals surface area (Å²) in [4.78, 5) is 13.1. The Hall–Kier alpha value is -2.36. The first-order valence-corrected chi connectivity index (χ1v) is 11.0. The van der Waals surface area contributed by atoms with Crippen molar-refractivity contribution < 1.29 is 18.0 Å². The molecule has 0 saturated carbocycles. The minimum atomic E-state index is -3.01. The molecule has 9 heteroatoms. The first-order valence-electron chi connectivity index (χ1n) is 10.2. The fraction of sp³-hybridized carbons (Fsp3) is 0.409. The molecule has 1 aromatic heterocycles. The number of thiophene rings is 1. The van der Waals surface area contributed by atoms with Crippen molar-refractivity contribution in [1.82, 2.24) is 15.3 Å². The Morgan fingerprint density at radius 3 is 2.84 bits per heavy atom. The van der Waals surface area contributed by atoms with Crippen molar-refractivity contribution in [3.8, 4) is 0 Å². The van der Waals surface area contributed by atoms with Crippen LogP contribution in [0.4, 0.5) is 13.2 Å². The van der Waals surface area contributed by atoms with Crippen LogP contribution in [0.2, 0.25) is 0 Å². The van der Waals surface area contributed by atoms with Gasteiger partial charge in [0, 0.05) is 44.7 Å². The molecule has 0 radical (unpaired) electrons. The maximum Gasteiger partial charge on any atom is 0.284 e.